The lowest BCUT2D eigenvalue weighted by atomic mass is 9.92. The van der Waals surface area contributed by atoms with Gasteiger partial charge in [-0.25, -0.2) is 13.6 Å². The zero-order valence-electron chi connectivity index (χ0n) is 12.0. The molecule has 1 aromatic carbocycles. The first-order valence-electron chi connectivity index (χ1n) is 6.39. The highest BCUT2D eigenvalue weighted by Gasteiger charge is 2.23. The van der Waals surface area contributed by atoms with E-state index in [1.807, 2.05) is 6.92 Å². The highest BCUT2D eigenvalue weighted by atomic mass is 79.9. The summed E-state index contributed by atoms with van der Waals surface area (Å²) in [6, 6.07) is 1.98. The van der Waals surface area contributed by atoms with Crippen molar-refractivity contribution in [3.05, 3.63) is 28.2 Å². The minimum Gasteiger partial charge on any atom is -0.490 e. The van der Waals surface area contributed by atoms with Crippen LogP contribution in [-0.4, -0.2) is 23.3 Å². The summed E-state index contributed by atoms with van der Waals surface area (Å²) in [7, 11) is 0. The second-order valence-electron chi connectivity index (χ2n) is 5.63. The second-order valence-corrected chi connectivity index (χ2v) is 6.49. The van der Waals surface area contributed by atoms with E-state index >= 15 is 0 Å². The summed E-state index contributed by atoms with van der Waals surface area (Å²) < 4.78 is 32.2. The molecule has 1 aromatic rings. The lowest BCUT2D eigenvalue weighted by Gasteiger charge is -2.28. The predicted molar refractivity (Wildman–Crippen MR) is 78.6 cm³/mol. The Morgan fingerprint density at radius 3 is 2.62 bits per heavy atom. The number of carbonyl (C=O) groups is 1. The Kier molecular flexibility index (Phi) is 5.95. The Morgan fingerprint density at radius 1 is 1.43 bits per heavy atom. The largest absolute Gasteiger partial charge is 0.490 e. The molecule has 0 aromatic heterocycles. The van der Waals surface area contributed by atoms with Crippen molar-refractivity contribution in [3.8, 4) is 5.75 Å². The average molecular weight is 366 g/mol. The van der Waals surface area contributed by atoms with Crippen LogP contribution in [0.2, 0.25) is 0 Å². The van der Waals surface area contributed by atoms with Crippen LogP contribution in [0.5, 0.6) is 5.75 Å². The van der Waals surface area contributed by atoms with Gasteiger partial charge in [-0.1, -0.05) is 6.92 Å². The summed E-state index contributed by atoms with van der Waals surface area (Å²) in [5.41, 5.74) is -0.627. The molecule has 0 fully saturated rings. The van der Waals surface area contributed by atoms with Gasteiger partial charge in [0.15, 0.2) is 11.6 Å². The number of halogens is 3. The third-order valence-electron chi connectivity index (χ3n) is 2.80. The molecule has 1 amide bonds. The molecule has 21 heavy (non-hydrogen) atoms. The van der Waals surface area contributed by atoms with Gasteiger partial charge in [-0.15, -0.1) is 0 Å². The van der Waals surface area contributed by atoms with Crippen LogP contribution in [0.25, 0.3) is 0 Å². The number of carboxylic acid groups (broad SMARTS) is 1. The normalized spacial score (nSPS) is 12.9. The fourth-order valence-corrected chi connectivity index (χ4v) is 2.43. The third-order valence-corrected chi connectivity index (χ3v) is 3.41. The molecule has 0 saturated carbocycles. The van der Waals surface area contributed by atoms with Crippen LogP contribution in [0, 0.1) is 17.6 Å². The van der Waals surface area contributed by atoms with E-state index in [0.717, 1.165) is 12.1 Å². The van der Waals surface area contributed by atoms with E-state index in [2.05, 4.69) is 21.2 Å². The molecule has 0 radical (unpaired) electrons. The molecule has 118 valence electrons. The Morgan fingerprint density at radius 2 is 2.05 bits per heavy atom. The van der Waals surface area contributed by atoms with Crippen LogP contribution >= 0.6 is 15.9 Å². The number of amides is 1. The SMILES string of the molecule is C[C@H](COc1cc(F)c(Br)cc1F)CC(C)(C)NC(=O)O. The van der Waals surface area contributed by atoms with Crippen LogP contribution < -0.4 is 10.1 Å². The van der Waals surface area contributed by atoms with Crippen molar-refractivity contribution >= 4 is 22.0 Å². The van der Waals surface area contributed by atoms with E-state index in [4.69, 9.17) is 9.84 Å². The standard InChI is InChI=1S/C14H18BrF2NO3/c1-8(6-14(2,3)18-13(19)20)7-21-12-5-10(16)9(15)4-11(12)17/h4-5,8,18H,6-7H2,1-3H3,(H,19,20)/t8-/m0/s1. The highest BCUT2D eigenvalue weighted by molar-refractivity contribution is 9.10. The first-order valence-corrected chi connectivity index (χ1v) is 7.18. The van der Waals surface area contributed by atoms with Gasteiger partial charge in [-0.05, 0) is 48.2 Å². The average Bonchev–Trinajstić information content (AvgIpc) is 2.29. The molecule has 1 rings (SSSR count). The van der Waals surface area contributed by atoms with Gasteiger partial charge in [0.25, 0.3) is 0 Å². The van der Waals surface area contributed by atoms with E-state index in [1.54, 1.807) is 13.8 Å². The van der Waals surface area contributed by atoms with Crippen molar-refractivity contribution in [2.45, 2.75) is 32.7 Å². The van der Waals surface area contributed by atoms with Crippen molar-refractivity contribution in [2.75, 3.05) is 6.61 Å². The van der Waals surface area contributed by atoms with Crippen LogP contribution in [-0.2, 0) is 0 Å². The monoisotopic (exact) mass is 365 g/mol. The maximum absolute atomic E-state index is 13.6. The number of rotatable bonds is 6. The maximum atomic E-state index is 13.6. The Hall–Kier alpha value is -1.37. The zero-order valence-corrected chi connectivity index (χ0v) is 13.6. The van der Waals surface area contributed by atoms with Crippen molar-refractivity contribution in [1.29, 1.82) is 0 Å². The van der Waals surface area contributed by atoms with Crippen molar-refractivity contribution in [2.24, 2.45) is 5.92 Å². The second kappa shape index (κ2) is 7.06. The van der Waals surface area contributed by atoms with Crippen LogP contribution in [0.3, 0.4) is 0 Å². The number of nitrogens with one attached hydrogen (secondary N) is 1. The highest BCUT2D eigenvalue weighted by Crippen LogP contribution is 2.26. The van der Waals surface area contributed by atoms with Gasteiger partial charge in [0.1, 0.15) is 5.82 Å². The van der Waals surface area contributed by atoms with Crippen LogP contribution in [0.15, 0.2) is 16.6 Å². The molecule has 0 aliphatic carbocycles. The fourth-order valence-electron chi connectivity index (χ4n) is 2.12. The van der Waals surface area contributed by atoms with E-state index in [-0.39, 0.29) is 22.7 Å². The van der Waals surface area contributed by atoms with Crippen molar-refractivity contribution < 1.29 is 23.4 Å². The van der Waals surface area contributed by atoms with E-state index in [9.17, 15) is 13.6 Å². The Bertz CT molecular complexity index is 523. The number of hydrogen-bond donors (Lipinski definition) is 2. The molecule has 1 atom stereocenters. The van der Waals surface area contributed by atoms with Gasteiger partial charge in [0.05, 0.1) is 11.1 Å². The van der Waals surface area contributed by atoms with Gasteiger partial charge >= 0.3 is 6.09 Å². The molecule has 0 heterocycles. The number of hydrogen-bond acceptors (Lipinski definition) is 2. The Labute approximate surface area is 130 Å². The van der Waals surface area contributed by atoms with Crippen LogP contribution in [0.4, 0.5) is 13.6 Å². The zero-order chi connectivity index (χ0) is 16.2. The quantitative estimate of drug-likeness (QED) is 0.743. The smallest absolute Gasteiger partial charge is 0.405 e. The molecule has 0 spiro atoms. The molecule has 0 bridgehead atoms. The molecule has 0 aliphatic heterocycles. The molecule has 2 N–H and O–H groups in total. The molecule has 0 unspecified atom stereocenters. The van der Waals surface area contributed by atoms with E-state index in [0.29, 0.717) is 6.42 Å². The van der Waals surface area contributed by atoms with Gasteiger partial charge in [0.2, 0.25) is 0 Å². The lowest BCUT2D eigenvalue weighted by Crippen LogP contribution is -2.44. The van der Waals surface area contributed by atoms with E-state index < -0.39 is 23.3 Å². The van der Waals surface area contributed by atoms with Crippen molar-refractivity contribution in [1.82, 2.24) is 5.32 Å². The topological polar surface area (TPSA) is 58.6 Å². The van der Waals surface area contributed by atoms with Crippen molar-refractivity contribution in [3.63, 3.8) is 0 Å². The molecular formula is C14H18BrF2NO3. The minimum absolute atomic E-state index is 0.0344. The van der Waals surface area contributed by atoms with Gasteiger partial charge < -0.3 is 15.2 Å². The summed E-state index contributed by atoms with van der Waals surface area (Å²) in [5, 5.41) is 11.1. The maximum Gasteiger partial charge on any atom is 0.405 e. The third kappa shape index (κ3) is 5.87. The summed E-state index contributed by atoms with van der Waals surface area (Å²) in [5.74, 6) is -1.46. The predicted octanol–water partition coefficient (Wildman–Crippen LogP) is 4.18. The first kappa shape index (κ1) is 17.7. The minimum atomic E-state index is -1.10. The lowest BCUT2D eigenvalue weighted by molar-refractivity contribution is 0.168. The molecule has 0 aliphatic rings. The first-order chi connectivity index (χ1) is 9.60. The fraction of sp³-hybridized carbons (Fsp3) is 0.500. The summed E-state index contributed by atoms with van der Waals surface area (Å²) in [6.45, 7) is 5.50. The van der Waals surface area contributed by atoms with Crippen LogP contribution in [0.1, 0.15) is 27.2 Å². The van der Waals surface area contributed by atoms with Gasteiger partial charge in [-0.3, -0.25) is 0 Å². The molecular weight excluding hydrogens is 348 g/mol. The summed E-state index contributed by atoms with van der Waals surface area (Å²) >= 11 is 2.89. The van der Waals surface area contributed by atoms with E-state index in [1.165, 1.54) is 0 Å². The molecule has 0 saturated heterocycles. The van der Waals surface area contributed by atoms with Gasteiger partial charge in [0, 0.05) is 11.6 Å². The molecule has 7 heteroatoms. The summed E-state index contributed by atoms with van der Waals surface area (Å²) in [6.07, 6.45) is -0.603. The number of ether oxygens (including phenoxy) is 1. The Balaban J connectivity index is 2.59. The summed E-state index contributed by atoms with van der Waals surface area (Å²) in [4.78, 5) is 10.7. The van der Waals surface area contributed by atoms with Gasteiger partial charge in [-0.2, -0.15) is 0 Å². The molecule has 4 nitrogen and oxygen atoms in total. The number of benzene rings is 1.